The largest absolute Gasteiger partial charge is 0.440 e. The van der Waals surface area contributed by atoms with Crippen LogP contribution in [0.25, 0.3) is 11.1 Å². The molecular formula is C13H16N2O2S. The second-order valence-electron chi connectivity index (χ2n) is 4.48. The van der Waals surface area contributed by atoms with Crippen molar-refractivity contribution in [3.8, 4) is 0 Å². The van der Waals surface area contributed by atoms with E-state index in [-0.39, 0.29) is 0 Å². The second-order valence-corrected chi connectivity index (χ2v) is 5.52. The molecule has 2 aromatic rings. The Bertz CT molecular complexity index is 535. The van der Waals surface area contributed by atoms with Crippen molar-refractivity contribution in [2.45, 2.75) is 24.7 Å². The first-order chi connectivity index (χ1) is 8.81. The predicted octanol–water partition coefficient (Wildman–Crippen LogP) is 2.82. The van der Waals surface area contributed by atoms with Crippen molar-refractivity contribution in [1.29, 1.82) is 0 Å². The van der Waals surface area contributed by atoms with Crippen LogP contribution >= 0.6 is 11.8 Å². The Balaban J connectivity index is 1.60. The zero-order valence-electron chi connectivity index (χ0n) is 10.1. The van der Waals surface area contributed by atoms with E-state index in [2.05, 4.69) is 4.98 Å². The lowest BCUT2D eigenvalue weighted by Gasteiger charge is -2.06. The van der Waals surface area contributed by atoms with E-state index in [0.717, 1.165) is 35.1 Å². The normalized spacial score (nSPS) is 19.7. The third kappa shape index (κ3) is 2.62. The van der Waals surface area contributed by atoms with Gasteiger partial charge in [0.2, 0.25) is 5.89 Å². The number of aromatic nitrogens is 1. The minimum absolute atomic E-state index is 0.412. The summed E-state index contributed by atoms with van der Waals surface area (Å²) in [5.41, 5.74) is 8.05. The summed E-state index contributed by atoms with van der Waals surface area (Å²) in [4.78, 5) is 4.43. The van der Waals surface area contributed by atoms with E-state index < -0.39 is 0 Å². The highest BCUT2D eigenvalue weighted by molar-refractivity contribution is 7.98. The van der Waals surface area contributed by atoms with Crippen LogP contribution < -0.4 is 5.73 Å². The highest BCUT2D eigenvalue weighted by atomic mass is 32.2. The minimum Gasteiger partial charge on any atom is -0.440 e. The Morgan fingerprint density at radius 1 is 1.44 bits per heavy atom. The second kappa shape index (κ2) is 5.20. The number of benzene rings is 1. The summed E-state index contributed by atoms with van der Waals surface area (Å²) in [5.74, 6) is 2.56. The average Bonchev–Trinajstić information content (AvgIpc) is 2.97. The van der Waals surface area contributed by atoms with Gasteiger partial charge in [0.15, 0.2) is 5.58 Å². The smallest absolute Gasteiger partial charge is 0.205 e. The van der Waals surface area contributed by atoms with Crippen molar-refractivity contribution in [1.82, 2.24) is 4.98 Å². The number of hydrogen-bond acceptors (Lipinski definition) is 5. The Morgan fingerprint density at radius 2 is 2.39 bits per heavy atom. The van der Waals surface area contributed by atoms with Gasteiger partial charge in [-0.25, -0.2) is 4.98 Å². The van der Waals surface area contributed by atoms with Crippen molar-refractivity contribution in [2.24, 2.45) is 0 Å². The number of fused-ring (bicyclic) bond motifs is 1. The third-order valence-electron chi connectivity index (χ3n) is 3.01. The lowest BCUT2D eigenvalue weighted by molar-refractivity contribution is 0.129. The van der Waals surface area contributed by atoms with E-state index in [0.29, 0.717) is 11.8 Å². The highest BCUT2D eigenvalue weighted by Crippen LogP contribution is 2.23. The molecule has 1 aliphatic heterocycles. The van der Waals surface area contributed by atoms with Gasteiger partial charge in [0.05, 0.1) is 11.9 Å². The van der Waals surface area contributed by atoms with Crippen molar-refractivity contribution in [3.05, 3.63) is 24.1 Å². The van der Waals surface area contributed by atoms with Gasteiger partial charge >= 0.3 is 0 Å². The standard InChI is InChI=1S/C13H16N2O2S/c14-9-3-4-11-12(6-9)17-13(15-11)8-18-7-10-2-1-5-16-10/h3-4,6,10H,1-2,5,7-8,14H2. The zero-order chi connectivity index (χ0) is 12.4. The van der Waals surface area contributed by atoms with Crippen molar-refractivity contribution < 1.29 is 9.15 Å². The van der Waals surface area contributed by atoms with E-state index in [9.17, 15) is 0 Å². The maximum atomic E-state index is 5.71. The van der Waals surface area contributed by atoms with Crippen molar-refractivity contribution >= 4 is 28.5 Å². The number of ether oxygens (including phenoxy) is 1. The molecule has 0 spiro atoms. The van der Waals surface area contributed by atoms with Crippen LogP contribution in [0.15, 0.2) is 22.6 Å². The molecule has 1 unspecified atom stereocenters. The van der Waals surface area contributed by atoms with Gasteiger partial charge in [-0.05, 0) is 25.0 Å². The molecule has 0 saturated carbocycles. The fourth-order valence-electron chi connectivity index (χ4n) is 2.10. The molecule has 96 valence electrons. The molecule has 4 nitrogen and oxygen atoms in total. The molecule has 1 aliphatic rings. The number of nitrogens with zero attached hydrogens (tertiary/aromatic N) is 1. The van der Waals surface area contributed by atoms with Crippen LogP contribution in [-0.4, -0.2) is 23.4 Å². The first kappa shape index (κ1) is 11.9. The zero-order valence-corrected chi connectivity index (χ0v) is 10.9. The van der Waals surface area contributed by atoms with Gasteiger partial charge in [-0.3, -0.25) is 0 Å². The number of nitrogens with two attached hydrogens (primary N) is 1. The molecule has 5 heteroatoms. The van der Waals surface area contributed by atoms with Crippen LogP contribution in [0.5, 0.6) is 0 Å². The maximum absolute atomic E-state index is 5.71. The summed E-state index contributed by atoms with van der Waals surface area (Å²) in [5, 5.41) is 0. The highest BCUT2D eigenvalue weighted by Gasteiger charge is 2.15. The Hall–Kier alpha value is -1.20. The van der Waals surface area contributed by atoms with E-state index in [1.165, 1.54) is 12.8 Å². The summed E-state index contributed by atoms with van der Waals surface area (Å²) in [6.45, 7) is 0.910. The fraction of sp³-hybridized carbons (Fsp3) is 0.462. The number of rotatable bonds is 4. The molecule has 1 aromatic heterocycles. The topological polar surface area (TPSA) is 61.3 Å². The number of thioether (sulfide) groups is 1. The lowest BCUT2D eigenvalue weighted by atomic mass is 10.3. The van der Waals surface area contributed by atoms with Gasteiger partial charge in [-0.2, -0.15) is 0 Å². The predicted molar refractivity (Wildman–Crippen MR) is 73.6 cm³/mol. The van der Waals surface area contributed by atoms with Crippen LogP contribution in [0.4, 0.5) is 5.69 Å². The van der Waals surface area contributed by atoms with Crippen LogP contribution in [0.3, 0.4) is 0 Å². The van der Waals surface area contributed by atoms with Crippen LogP contribution in [0, 0.1) is 0 Å². The van der Waals surface area contributed by atoms with E-state index >= 15 is 0 Å². The molecule has 2 N–H and O–H groups in total. The monoisotopic (exact) mass is 264 g/mol. The Kier molecular flexibility index (Phi) is 3.43. The first-order valence-corrected chi connectivity index (χ1v) is 7.31. The molecule has 2 heterocycles. The SMILES string of the molecule is Nc1ccc2nc(CSCC3CCCO3)oc2c1. The van der Waals surface area contributed by atoms with Crippen molar-refractivity contribution in [2.75, 3.05) is 18.1 Å². The van der Waals surface area contributed by atoms with E-state index in [4.69, 9.17) is 14.9 Å². The summed E-state index contributed by atoms with van der Waals surface area (Å²) < 4.78 is 11.2. The Labute approximate surface area is 110 Å². The summed E-state index contributed by atoms with van der Waals surface area (Å²) in [6.07, 6.45) is 2.78. The quantitative estimate of drug-likeness (QED) is 0.860. The van der Waals surface area contributed by atoms with Gasteiger partial charge < -0.3 is 14.9 Å². The van der Waals surface area contributed by atoms with Crippen molar-refractivity contribution in [3.63, 3.8) is 0 Å². The van der Waals surface area contributed by atoms with Gasteiger partial charge in [-0.1, -0.05) is 0 Å². The Morgan fingerprint density at radius 3 is 3.22 bits per heavy atom. The van der Waals surface area contributed by atoms with E-state index in [1.54, 1.807) is 0 Å². The first-order valence-electron chi connectivity index (χ1n) is 6.15. The third-order valence-corrected chi connectivity index (χ3v) is 4.07. The minimum atomic E-state index is 0.412. The number of anilines is 1. The molecule has 1 fully saturated rings. The van der Waals surface area contributed by atoms with Gasteiger partial charge in [0.1, 0.15) is 5.52 Å². The summed E-state index contributed by atoms with van der Waals surface area (Å²) in [6, 6.07) is 5.55. The van der Waals surface area contributed by atoms with Crippen LogP contribution in [-0.2, 0) is 10.5 Å². The summed E-state index contributed by atoms with van der Waals surface area (Å²) in [7, 11) is 0. The van der Waals surface area contributed by atoms with Gasteiger partial charge in [-0.15, -0.1) is 11.8 Å². The molecule has 1 aromatic carbocycles. The molecule has 1 atom stereocenters. The molecular weight excluding hydrogens is 248 g/mol. The maximum Gasteiger partial charge on any atom is 0.205 e. The number of hydrogen-bond donors (Lipinski definition) is 1. The molecule has 0 aliphatic carbocycles. The van der Waals surface area contributed by atoms with Gasteiger partial charge in [0, 0.05) is 24.1 Å². The molecule has 1 saturated heterocycles. The molecule has 0 bridgehead atoms. The van der Waals surface area contributed by atoms with Gasteiger partial charge in [0.25, 0.3) is 0 Å². The lowest BCUT2D eigenvalue weighted by Crippen LogP contribution is -2.07. The molecule has 0 radical (unpaired) electrons. The molecule has 0 amide bonds. The number of oxazole rings is 1. The molecule has 3 rings (SSSR count). The fourth-order valence-corrected chi connectivity index (χ4v) is 3.05. The molecule has 18 heavy (non-hydrogen) atoms. The summed E-state index contributed by atoms with van der Waals surface area (Å²) >= 11 is 1.81. The number of nitrogen functional groups attached to an aromatic ring is 1. The average molecular weight is 264 g/mol. The van der Waals surface area contributed by atoms with Crippen LogP contribution in [0.2, 0.25) is 0 Å². The van der Waals surface area contributed by atoms with E-state index in [1.807, 2.05) is 30.0 Å². The van der Waals surface area contributed by atoms with Crippen LogP contribution in [0.1, 0.15) is 18.7 Å².